The van der Waals surface area contributed by atoms with Crippen molar-refractivity contribution in [3.8, 4) is 0 Å². The summed E-state index contributed by atoms with van der Waals surface area (Å²) in [5.41, 5.74) is 4.80. The van der Waals surface area contributed by atoms with Crippen molar-refractivity contribution in [2.75, 3.05) is 6.54 Å². The molecule has 0 heterocycles. The van der Waals surface area contributed by atoms with Crippen molar-refractivity contribution in [2.45, 2.75) is 77.0 Å². The van der Waals surface area contributed by atoms with Crippen molar-refractivity contribution in [2.24, 2.45) is 5.73 Å². The lowest BCUT2D eigenvalue weighted by Crippen LogP contribution is -2.55. The zero-order chi connectivity index (χ0) is 14.6. The summed E-state index contributed by atoms with van der Waals surface area (Å²) in [5, 5.41) is 20.5. The van der Waals surface area contributed by atoms with Gasteiger partial charge in [0.2, 0.25) is 0 Å². The van der Waals surface area contributed by atoms with Crippen molar-refractivity contribution < 1.29 is 15.0 Å². The summed E-state index contributed by atoms with van der Waals surface area (Å²) < 4.78 is 0. The highest BCUT2D eigenvalue weighted by molar-refractivity contribution is 5.80. The Hall–Kier alpha value is -0.650. The third-order valence-corrected chi connectivity index (χ3v) is 3.25. The standard InChI is InChI=1S/C14H30N2O3/c1-2-3-4-5-6-7-8-9-10-11-12-16-14(18,19)13(15)17/h16,18-19H,2-12H2,1H3,(H2,15,17). The fraction of sp³-hybridized carbons (Fsp3) is 0.929. The van der Waals surface area contributed by atoms with Crippen molar-refractivity contribution in [1.82, 2.24) is 5.32 Å². The lowest BCUT2D eigenvalue weighted by molar-refractivity contribution is -0.194. The number of nitrogens with two attached hydrogens (primary N) is 1. The number of primary amides is 1. The molecule has 0 spiro atoms. The molecule has 0 saturated heterocycles. The maximum atomic E-state index is 10.6. The molecule has 0 aromatic heterocycles. The monoisotopic (exact) mass is 274 g/mol. The zero-order valence-corrected chi connectivity index (χ0v) is 12.2. The first-order valence-corrected chi connectivity index (χ1v) is 7.50. The second-order valence-electron chi connectivity index (χ2n) is 5.15. The minimum atomic E-state index is -2.57. The van der Waals surface area contributed by atoms with Crippen LogP contribution in [0, 0.1) is 0 Å². The molecule has 0 aromatic carbocycles. The Kier molecular flexibility index (Phi) is 10.8. The number of carbonyl (C=O) groups is 1. The Labute approximate surface area is 116 Å². The molecule has 1 amide bonds. The average Bonchev–Trinajstić information content (AvgIpc) is 2.35. The number of hydrogen-bond donors (Lipinski definition) is 4. The van der Waals surface area contributed by atoms with E-state index in [0.717, 1.165) is 19.3 Å². The molecule has 0 rings (SSSR count). The van der Waals surface area contributed by atoms with Crippen LogP contribution in [0.1, 0.15) is 71.1 Å². The normalized spacial score (nSPS) is 11.7. The highest BCUT2D eigenvalue weighted by Gasteiger charge is 2.29. The van der Waals surface area contributed by atoms with E-state index in [1.165, 1.54) is 44.9 Å². The number of amides is 1. The van der Waals surface area contributed by atoms with Gasteiger partial charge in [-0.3, -0.25) is 10.1 Å². The van der Waals surface area contributed by atoms with E-state index in [0.29, 0.717) is 6.54 Å². The number of nitrogens with one attached hydrogen (secondary N) is 1. The van der Waals surface area contributed by atoms with Crippen LogP contribution in [-0.4, -0.2) is 28.6 Å². The van der Waals surface area contributed by atoms with E-state index in [1.807, 2.05) is 0 Å². The van der Waals surface area contributed by atoms with E-state index in [2.05, 4.69) is 12.2 Å². The third kappa shape index (κ3) is 10.9. The Morgan fingerprint density at radius 2 is 1.37 bits per heavy atom. The van der Waals surface area contributed by atoms with Gasteiger partial charge >= 0.3 is 5.91 Å². The van der Waals surface area contributed by atoms with Gasteiger partial charge < -0.3 is 15.9 Å². The highest BCUT2D eigenvalue weighted by Crippen LogP contribution is 2.10. The van der Waals surface area contributed by atoms with Crippen LogP contribution in [0.2, 0.25) is 0 Å². The maximum Gasteiger partial charge on any atom is 0.306 e. The second kappa shape index (κ2) is 11.2. The van der Waals surface area contributed by atoms with E-state index in [-0.39, 0.29) is 0 Å². The molecule has 0 aromatic rings. The van der Waals surface area contributed by atoms with Crippen molar-refractivity contribution in [3.05, 3.63) is 0 Å². The Balaban J connectivity index is 3.21. The summed E-state index contributed by atoms with van der Waals surface area (Å²) in [6.45, 7) is 2.60. The summed E-state index contributed by atoms with van der Waals surface area (Å²) >= 11 is 0. The van der Waals surface area contributed by atoms with Gasteiger partial charge in [-0.1, -0.05) is 64.7 Å². The molecule has 5 nitrogen and oxygen atoms in total. The van der Waals surface area contributed by atoms with Crippen LogP contribution in [0.3, 0.4) is 0 Å². The van der Waals surface area contributed by atoms with E-state index >= 15 is 0 Å². The summed E-state index contributed by atoms with van der Waals surface area (Å²) in [6, 6.07) is 0. The van der Waals surface area contributed by atoms with E-state index in [1.54, 1.807) is 0 Å². The van der Waals surface area contributed by atoms with Gasteiger partial charge in [-0.15, -0.1) is 0 Å². The van der Waals surface area contributed by atoms with Gasteiger partial charge in [-0.25, -0.2) is 0 Å². The summed E-state index contributed by atoms with van der Waals surface area (Å²) in [4.78, 5) is 10.6. The molecule has 0 saturated carbocycles. The topological polar surface area (TPSA) is 95.6 Å². The fourth-order valence-electron chi connectivity index (χ4n) is 1.96. The minimum Gasteiger partial charge on any atom is -0.364 e. The van der Waals surface area contributed by atoms with Crippen LogP contribution in [0.15, 0.2) is 0 Å². The van der Waals surface area contributed by atoms with Crippen LogP contribution in [0.25, 0.3) is 0 Å². The number of aliphatic hydroxyl groups is 2. The summed E-state index contributed by atoms with van der Waals surface area (Å²) in [6.07, 6.45) is 12.1. The Bertz CT molecular complexity index is 233. The molecule has 0 aliphatic heterocycles. The molecule has 0 bridgehead atoms. The number of carbonyl (C=O) groups excluding carboxylic acids is 1. The third-order valence-electron chi connectivity index (χ3n) is 3.25. The Morgan fingerprint density at radius 1 is 0.947 bits per heavy atom. The van der Waals surface area contributed by atoms with E-state index in [4.69, 9.17) is 15.9 Å². The summed E-state index contributed by atoms with van der Waals surface area (Å²) in [7, 11) is 0. The second-order valence-corrected chi connectivity index (χ2v) is 5.15. The van der Waals surface area contributed by atoms with Crippen molar-refractivity contribution >= 4 is 5.91 Å². The molecule has 114 valence electrons. The van der Waals surface area contributed by atoms with E-state index < -0.39 is 11.8 Å². The average molecular weight is 274 g/mol. The molecule has 0 atom stereocenters. The number of unbranched alkanes of at least 4 members (excludes halogenated alkanes) is 9. The number of hydrogen-bond acceptors (Lipinski definition) is 4. The molecule has 0 aliphatic rings. The van der Waals surface area contributed by atoms with Crippen LogP contribution in [0.5, 0.6) is 0 Å². The SMILES string of the molecule is CCCCCCCCCCCCNC(O)(O)C(N)=O. The van der Waals surface area contributed by atoms with Crippen molar-refractivity contribution in [1.29, 1.82) is 0 Å². The fourth-order valence-corrected chi connectivity index (χ4v) is 1.96. The highest BCUT2D eigenvalue weighted by atomic mass is 16.5. The quantitative estimate of drug-likeness (QED) is 0.303. The largest absolute Gasteiger partial charge is 0.364 e. The molecule has 0 aliphatic carbocycles. The molecule has 19 heavy (non-hydrogen) atoms. The predicted octanol–water partition coefficient (Wildman–Crippen LogP) is 1.62. The lowest BCUT2D eigenvalue weighted by atomic mass is 10.1. The first kappa shape index (κ1) is 18.4. The molecular weight excluding hydrogens is 244 g/mol. The van der Waals surface area contributed by atoms with Gasteiger partial charge in [-0.2, -0.15) is 0 Å². The van der Waals surface area contributed by atoms with Gasteiger partial charge in [0.1, 0.15) is 0 Å². The molecule has 5 N–H and O–H groups in total. The van der Waals surface area contributed by atoms with Crippen molar-refractivity contribution in [3.63, 3.8) is 0 Å². The van der Waals surface area contributed by atoms with E-state index in [9.17, 15) is 4.79 Å². The minimum absolute atomic E-state index is 0.381. The smallest absolute Gasteiger partial charge is 0.306 e. The predicted molar refractivity (Wildman–Crippen MR) is 76.2 cm³/mol. The van der Waals surface area contributed by atoms with Crippen LogP contribution >= 0.6 is 0 Å². The first-order valence-electron chi connectivity index (χ1n) is 7.50. The summed E-state index contributed by atoms with van der Waals surface area (Å²) in [5.74, 6) is -3.74. The van der Waals surface area contributed by atoms with Crippen LogP contribution in [-0.2, 0) is 4.79 Å². The molecular formula is C14H30N2O3. The van der Waals surface area contributed by atoms with Gasteiger partial charge in [0.15, 0.2) is 0 Å². The van der Waals surface area contributed by atoms with Gasteiger partial charge in [0.25, 0.3) is 5.91 Å². The molecule has 5 heteroatoms. The Morgan fingerprint density at radius 3 is 1.79 bits per heavy atom. The van der Waals surface area contributed by atoms with Crippen LogP contribution < -0.4 is 11.1 Å². The zero-order valence-electron chi connectivity index (χ0n) is 12.2. The van der Waals surface area contributed by atoms with Crippen LogP contribution in [0.4, 0.5) is 0 Å². The molecule has 0 radical (unpaired) electrons. The molecule has 0 fully saturated rings. The lowest BCUT2D eigenvalue weighted by Gasteiger charge is -2.18. The molecule has 0 unspecified atom stereocenters. The van der Waals surface area contributed by atoms with Gasteiger partial charge in [0, 0.05) is 6.54 Å². The first-order chi connectivity index (χ1) is 9.00. The van der Waals surface area contributed by atoms with Gasteiger partial charge in [-0.05, 0) is 6.42 Å². The number of rotatable bonds is 13. The maximum absolute atomic E-state index is 10.6. The van der Waals surface area contributed by atoms with Gasteiger partial charge in [0.05, 0.1) is 0 Å².